The van der Waals surface area contributed by atoms with Crippen LogP contribution in [0.3, 0.4) is 0 Å². The number of aryl methyl sites for hydroxylation is 1. The summed E-state index contributed by atoms with van der Waals surface area (Å²) in [6.45, 7) is 1.79. The predicted molar refractivity (Wildman–Crippen MR) is 82.5 cm³/mol. The lowest BCUT2D eigenvalue weighted by atomic mass is 10.3. The molecule has 2 rings (SSSR count). The van der Waals surface area contributed by atoms with Crippen LogP contribution >= 0.6 is 0 Å². The van der Waals surface area contributed by atoms with Crippen molar-refractivity contribution in [3.63, 3.8) is 0 Å². The molecule has 2 aromatic rings. The highest BCUT2D eigenvalue weighted by molar-refractivity contribution is 5.80. The standard InChI is InChI=1S/C15H19N3O4/c1-11-13(10-16-15(20-2,21-3)22-4)14(19)18(17-11)12-8-6-5-7-9-12/h5-10,17H,1-4H3/b16-10+. The number of methoxy groups -OCH3 is 3. The Morgan fingerprint density at radius 3 is 2.27 bits per heavy atom. The number of hydrogen-bond acceptors (Lipinski definition) is 5. The third-order valence-corrected chi connectivity index (χ3v) is 3.26. The molecule has 0 aliphatic rings. The first-order valence-corrected chi connectivity index (χ1v) is 6.64. The smallest absolute Gasteiger partial charge is 0.311 e. The van der Waals surface area contributed by atoms with Crippen LogP contribution in [0.25, 0.3) is 5.69 Å². The average molecular weight is 305 g/mol. The molecule has 1 N–H and O–H groups in total. The zero-order valence-electron chi connectivity index (χ0n) is 13.0. The molecule has 1 aromatic carbocycles. The van der Waals surface area contributed by atoms with Crippen LogP contribution in [-0.2, 0) is 14.2 Å². The zero-order chi connectivity index (χ0) is 16.2. The summed E-state index contributed by atoms with van der Waals surface area (Å²) in [4.78, 5) is 16.6. The molecule has 0 saturated carbocycles. The normalized spacial score (nSPS) is 12.2. The van der Waals surface area contributed by atoms with E-state index in [-0.39, 0.29) is 5.56 Å². The van der Waals surface area contributed by atoms with Crippen LogP contribution in [0.15, 0.2) is 40.1 Å². The van der Waals surface area contributed by atoms with Gasteiger partial charge in [-0.15, -0.1) is 0 Å². The molecule has 0 unspecified atom stereocenters. The highest BCUT2D eigenvalue weighted by atomic mass is 16.9. The lowest BCUT2D eigenvalue weighted by Crippen LogP contribution is -2.34. The van der Waals surface area contributed by atoms with Crippen molar-refractivity contribution in [2.75, 3.05) is 21.3 Å². The van der Waals surface area contributed by atoms with E-state index in [2.05, 4.69) is 10.1 Å². The van der Waals surface area contributed by atoms with Crippen LogP contribution in [-0.4, -0.2) is 43.4 Å². The molecule has 0 bridgehead atoms. The zero-order valence-corrected chi connectivity index (χ0v) is 13.0. The van der Waals surface area contributed by atoms with E-state index in [0.717, 1.165) is 5.69 Å². The molecule has 118 valence electrons. The first-order valence-electron chi connectivity index (χ1n) is 6.64. The number of aromatic nitrogens is 2. The van der Waals surface area contributed by atoms with Crippen molar-refractivity contribution in [3.8, 4) is 5.69 Å². The van der Waals surface area contributed by atoms with E-state index in [4.69, 9.17) is 14.2 Å². The number of rotatable bonds is 6. The van der Waals surface area contributed by atoms with E-state index in [1.54, 1.807) is 6.92 Å². The number of nitrogens with one attached hydrogen (secondary N) is 1. The Hall–Kier alpha value is -2.22. The third-order valence-electron chi connectivity index (χ3n) is 3.26. The molecule has 0 saturated heterocycles. The van der Waals surface area contributed by atoms with Crippen molar-refractivity contribution in [2.24, 2.45) is 4.99 Å². The molecule has 0 aliphatic heterocycles. The molecular formula is C15H19N3O4. The fourth-order valence-electron chi connectivity index (χ4n) is 2.02. The number of aromatic amines is 1. The summed E-state index contributed by atoms with van der Waals surface area (Å²) in [7, 11) is 4.20. The van der Waals surface area contributed by atoms with E-state index in [1.807, 2.05) is 30.3 Å². The molecule has 22 heavy (non-hydrogen) atoms. The number of para-hydroxylation sites is 1. The molecule has 1 aromatic heterocycles. The van der Waals surface area contributed by atoms with Crippen molar-refractivity contribution in [2.45, 2.75) is 13.0 Å². The highest BCUT2D eigenvalue weighted by Crippen LogP contribution is 2.14. The second-order valence-corrected chi connectivity index (χ2v) is 4.52. The fourth-order valence-corrected chi connectivity index (χ4v) is 2.02. The fraction of sp³-hybridized carbons (Fsp3) is 0.333. The van der Waals surface area contributed by atoms with Gasteiger partial charge in [0, 0.05) is 33.2 Å². The Balaban J connectivity index is 2.42. The molecule has 7 heteroatoms. The number of nitrogens with zero attached hydrogens (tertiary/aromatic N) is 2. The Bertz CT molecular complexity index is 691. The van der Waals surface area contributed by atoms with Crippen LogP contribution in [0.1, 0.15) is 11.3 Å². The maximum Gasteiger partial charge on any atom is 0.394 e. The maximum absolute atomic E-state index is 12.5. The second-order valence-electron chi connectivity index (χ2n) is 4.52. The van der Waals surface area contributed by atoms with E-state index in [0.29, 0.717) is 11.3 Å². The van der Waals surface area contributed by atoms with Crippen LogP contribution < -0.4 is 5.56 Å². The number of aliphatic imine (C=N–C) groups is 1. The summed E-state index contributed by atoms with van der Waals surface area (Å²) >= 11 is 0. The Morgan fingerprint density at radius 2 is 1.73 bits per heavy atom. The van der Waals surface area contributed by atoms with Crippen LogP contribution in [0, 0.1) is 6.92 Å². The van der Waals surface area contributed by atoms with Gasteiger partial charge in [0.2, 0.25) is 0 Å². The van der Waals surface area contributed by atoms with Crippen molar-refractivity contribution >= 4 is 6.21 Å². The minimum atomic E-state index is -1.56. The monoisotopic (exact) mass is 305 g/mol. The number of ether oxygens (including phenoxy) is 3. The van der Waals surface area contributed by atoms with Crippen LogP contribution in [0.4, 0.5) is 0 Å². The van der Waals surface area contributed by atoms with Gasteiger partial charge in [-0.3, -0.25) is 9.89 Å². The summed E-state index contributed by atoms with van der Waals surface area (Å²) in [6.07, 6.45) is -0.183. The molecule has 0 amide bonds. The van der Waals surface area contributed by atoms with Gasteiger partial charge in [-0.1, -0.05) is 18.2 Å². The van der Waals surface area contributed by atoms with Crippen LogP contribution in [0.5, 0.6) is 0 Å². The van der Waals surface area contributed by atoms with E-state index in [1.165, 1.54) is 32.2 Å². The molecule has 7 nitrogen and oxygen atoms in total. The second kappa shape index (κ2) is 6.69. The SMILES string of the molecule is COC(/N=C/c1c(C)[nH]n(-c2ccccc2)c1=O)(OC)OC. The first-order chi connectivity index (χ1) is 10.6. The van der Waals surface area contributed by atoms with Gasteiger partial charge < -0.3 is 14.2 Å². The summed E-state index contributed by atoms with van der Waals surface area (Å²) in [5.41, 5.74) is 1.60. The lowest BCUT2D eigenvalue weighted by molar-refractivity contribution is -0.346. The lowest BCUT2D eigenvalue weighted by Gasteiger charge is -2.22. The van der Waals surface area contributed by atoms with Gasteiger partial charge in [-0.2, -0.15) is 0 Å². The Morgan fingerprint density at radius 1 is 1.14 bits per heavy atom. The largest absolute Gasteiger partial charge is 0.394 e. The average Bonchev–Trinajstić information content (AvgIpc) is 2.85. The topological polar surface area (TPSA) is 77.8 Å². The summed E-state index contributed by atoms with van der Waals surface area (Å²) in [5, 5.41) is 3.01. The third kappa shape index (κ3) is 3.01. The molecular weight excluding hydrogens is 286 g/mol. The molecule has 1 heterocycles. The molecule has 0 spiro atoms. The van der Waals surface area contributed by atoms with Gasteiger partial charge in [0.15, 0.2) is 0 Å². The van der Waals surface area contributed by atoms with Gasteiger partial charge in [-0.05, 0) is 19.1 Å². The summed E-state index contributed by atoms with van der Waals surface area (Å²) in [6, 6.07) is 9.27. The molecule has 0 fully saturated rings. The van der Waals surface area contributed by atoms with E-state index >= 15 is 0 Å². The minimum Gasteiger partial charge on any atom is -0.311 e. The number of benzene rings is 1. The van der Waals surface area contributed by atoms with Crippen molar-refractivity contribution < 1.29 is 14.2 Å². The number of H-pyrrole nitrogens is 1. The molecule has 0 aliphatic carbocycles. The highest BCUT2D eigenvalue weighted by Gasteiger charge is 2.28. The van der Waals surface area contributed by atoms with Crippen molar-refractivity contribution in [3.05, 3.63) is 51.9 Å². The van der Waals surface area contributed by atoms with E-state index < -0.39 is 6.10 Å². The molecule has 0 radical (unpaired) electrons. The quantitative estimate of drug-likeness (QED) is 0.647. The van der Waals surface area contributed by atoms with Gasteiger partial charge in [0.1, 0.15) is 0 Å². The van der Waals surface area contributed by atoms with Gasteiger partial charge in [-0.25, -0.2) is 9.67 Å². The number of hydrogen-bond donors (Lipinski definition) is 1. The van der Waals surface area contributed by atoms with Gasteiger partial charge in [0.05, 0.1) is 11.3 Å². The van der Waals surface area contributed by atoms with E-state index in [9.17, 15) is 4.79 Å². The van der Waals surface area contributed by atoms with Crippen LogP contribution in [0.2, 0.25) is 0 Å². The predicted octanol–water partition coefficient (Wildman–Crippen LogP) is 1.44. The summed E-state index contributed by atoms with van der Waals surface area (Å²) < 4.78 is 16.7. The Kier molecular flexibility index (Phi) is 4.92. The van der Waals surface area contributed by atoms with Crippen molar-refractivity contribution in [1.82, 2.24) is 9.78 Å². The molecule has 0 atom stereocenters. The first kappa shape index (κ1) is 16.2. The maximum atomic E-state index is 12.5. The minimum absolute atomic E-state index is 0.218. The van der Waals surface area contributed by atoms with Gasteiger partial charge in [0.25, 0.3) is 5.56 Å². The summed E-state index contributed by atoms with van der Waals surface area (Å²) in [5.74, 6) is 0. The van der Waals surface area contributed by atoms with Crippen molar-refractivity contribution in [1.29, 1.82) is 0 Å². The van der Waals surface area contributed by atoms with Gasteiger partial charge >= 0.3 is 6.10 Å². The Labute approximate surface area is 128 Å².